The number of benzene rings is 2. The molecule has 3 rings (SSSR count). The minimum absolute atomic E-state index is 0.133. The summed E-state index contributed by atoms with van der Waals surface area (Å²) in [5.41, 5.74) is 3.79. The van der Waals surface area contributed by atoms with Gasteiger partial charge in [0.15, 0.2) is 6.10 Å². The zero-order chi connectivity index (χ0) is 18.7. The molecule has 6 heteroatoms. The lowest BCUT2D eigenvalue weighted by Gasteiger charge is -2.35. The Balaban J connectivity index is 1.78. The number of anilines is 2. The molecule has 26 heavy (non-hydrogen) atoms. The summed E-state index contributed by atoms with van der Waals surface area (Å²) in [6.45, 7) is 4.45. The summed E-state index contributed by atoms with van der Waals surface area (Å²) in [6.07, 6.45) is -0.650. The van der Waals surface area contributed by atoms with Crippen molar-refractivity contribution in [2.45, 2.75) is 20.0 Å². The number of para-hydroxylation sites is 2. The molecule has 1 unspecified atom stereocenters. The van der Waals surface area contributed by atoms with E-state index in [4.69, 9.17) is 4.74 Å². The third-order valence-electron chi connectivity index (χ3n) is 4.61. The molecule has 0 aromatic heterocycles. The van der Waals surface area contributed by atoms with Crippen LogP contribution in [0.25, 0.3) is 0 Å². The van der Waals surface area contributed by atoms with Gasteiger partial charge in [0, 0.05) is 12.7 Å². The highest BCUT2D eigenvalue weighted by atomic mass is 16.5. The zero-order valence-electron chi connectivity index (χ0n) is 15.2. The van der Waals surface area contributed by atoms with Gasteiger partial charge < -0.3 is 20.3 Å². The minimum atomic E-state index is -0.650. The molecule has 6 nitrogen and oxygen atoms in total. The van der Waals surface area contributed by atoms with Crippen LogP contribution in [0.5, 0.6) is 5.75 Å². The molecule has 0 bridgehead atoms. The number of rotatable bonds is 4. The second-order valence-corrected chi connectivity index (χ2v) is 6.36. The van der Waals surface area contributed by atoms with Crippen LogP contribution >= 0.6 is 0 Å². The van der Waals surface area contributed by atoms with Gasteiger partial charge in [-0.2, -0.15) is 0 Å². The summed E-state index contributed by atoms with van der Waals surface area (Å²) in [4.78, 5) is 26.5. The van der Waals surface area contributed by atoms with E-state index in [1.807, 2.05) is 55.1 Å². The first kappa shape index (κ1) is 17.8. The van der Waals surface area contributed by atoms with E-state index in [2.05, 4.69) is 10.6 Å². The van der Waals surface area contributed by atoms with E-state index in [9.17, 15) is 9.59 Å². The van der Waals surface area contributed by atoms with Gasteiger partial charge in [0.1, 0.15) is 5.75 Å². The summed E-state index contributed by atoms with van der Waals surface area (Å²) in [6, 6.07) is 13.2. The van der Waals surface area contributed by atoms with Gasteiger partial charge in [-0.05, 0) is 43.2 Å². The highest BCUT2D eigenvalue weighted by Crippen LogP contribution is 2.33. The van der Waals surface area contributed by atoms with Crippen LogP contribution < -0.4 is 20.3 Å². The van der Waals surface area contributed by atoms with Gasteiger partial charge in [0.25, 0.3) is 5.91 Å². The Morgan fingerprint density at radius 1 is 1.15 bits per heavy atom. The van der Waals surface area contributed by atoms with Crippen molar-refractivity contribution in [1.82, 2.24) is 5.32 Å². The first-order valence-electron chi connectivity index (χ1n) is 8.58. The van der Waals surface area contributed by atoms with Crippen LogP contribution in [-0.2, 0) is 9.59 Å². The molecule has 2 aromatic rings. The molecule has 2 amide bonds. The average Bonchev–Trinajstić information content (AvgIpc) is 2.64. The number of nitrogens with zero attached hydrogens (tertiary/aromatic N) is 1. The molecule has 1 aliphatic heterocycles. The van der Waals surface area contributed by atoms with Crippen molar-refractivity contribution in [2.24, 2.45) is 0 Å². The zero-order valence-corrected chi connectivity index (χ0v) is 15.2. The fourth-order valence-corrected chi connectivity index (χ4v) is 3.00. The molecule has 2 N–H and O–H groups in total. The Hall–Kier alpha value is -3.02. The minimum Gasteiger partial charge on any atom is -0.477 e. The van der Waals surface area contributed by atoms with Crippen molar-refractivity contribution in [3.63, 3.8) is 0 Å². The maximum absolute atomic E-state index is 12.6. The van der Waals surface area contributed by atoms with E-state index in [1.54, 1.807) is 13.1 Å². The molecule has 0 radical (unpaired) electrons. The molecule has 0 fully saturated rings. The number of fused-ring (bicyclic) bond motifs is 1. The van der Waals surface area contributed by atoms with Crippen LogP contribution in [0.1, 0.15) is 11.1 Å². The van der Waals surface area contributed by atoms with Gasteiger partial charge in [-0.1, -0.05) is 24.3 Å². The van der Waals surface area contributed by atoms with Crippen molar-refractivity contribution < 1.29 is 14.3 Å². The predicted octanol–water partition coefficient (Wildman–Crippen LogP) is 2.26. The van der Waals surface area contributed by atoms with E-state index >= 15 is 0 Å². The molecule has 0 spiro atoms. The fourth-order valence-electron chi connectivity index (χ4n) is 3.00. The monoisotopic (exact) mass is 353 g/mol. The van der Waals surface area contributed by atoms with Crippen LogP contribution in [0.4, 0.5) is 11.4 Å². The number of carbonyl (C=O) groups is 2. The summed E-state index contributed by atoms with van der Waals surface area (Å²) < 4.78 is 5.76. The summed E-state index contributed by atoms with van der Waals surface area (Å²) in [7, 11) is 1.57. The van der Waals surface area contributed by atoms with Crippen molar-refractivity contribution in [1.29, 1.82) is 0 Å². The third-order valence-corrected chi connectivity index (χ3v) is 4.61. The lowest BCUT2D eigenvalue weighted by atomic mass is 10.1. The predicted molar refractivity (Wildman–Crippen MR) is 102 cm³/mol. The second kappa shape index (κ2) is 7.47. The Morgan fingerprint density at radius 3 is 2.69 bits per heavy atom. The van der Waals surface area contributed by atoms with E-state index in [1.165, 1.54) is 0 Å². The largest absolute Gasteiger partial charge is 0.477 e. The van der Waals surface area contributed by atoms with Gasteiger partial charge in [0.05, 0.1) is 18.8 Å². The molecule has 0 saturated heterocycles. The smallest absolute Gasteiger partial charge is 0.262 e. The van der Waals surface area contributed by atoms with Gasteiger partial charge in [-0.25, -0.2) is 0 Å². The Labute approximate surface area is 153 Å². The lowest BCUT2D eigenvalue weighted by Crippen LogP contribution is -2.50. The standard InChI is InChI=1S/C20H23N3O3/c1-13-7-6-8-15(14(13)2)22-19(24)12-23-11-18(20(25)21-3)26-17-10-5-4-9-16(17)23/h4-10,18H,11-12H2,1-3H3,(H,21,25)(H,22,24). The molecule has 2 aromatic carbocycles. The van der Waals surface area contributed by atoms with Crippen molar-refractivity contribution in [3.05, 3.63) is 53.6 Å². The number of carbonyl (C=O) groups excluding carboxylic acids is 2. The number of aryl methyl sites for hydroxylation is 1. The highest BCUT2D eigenvalue weighted by Gasteiger charge is 2.31. The number of ether oxygens (including phenoxy) is 1. The van der Waals surface area contributed by atoms with Gasteiger partial charge in [0.2, 0.25) is 5.91 Å². The topological polar surface area (TPSA) is 70.7 Å². The Bertz CT molecular complexity index is 835. The van der Waals surface area contributed by atoms with Gasteiger partial charge in [-0.15, -0.1) is 0 Å². The Morgan fingerprint density at radius 2 is 1.92 bits per heavy atom. The second-order valence-electron chi connectivity index (χ2n) is 6.36. The normalized spacial score (nSPS) is 15.7. The van der Waals surface area contributed by atoms with Crippen LogP contribution in [0.2, 0.25) is 0 Å². The first-order valence-corrected chi connectivity index (χ1v) is 8.58. The molecular weight excluding hydrogens is 330 g/mol. The summed E-state index contributed by atoms with van der Waals surface area (Å²) >= 11 is 0. The molecule has 136 valence electrons. The number of hydrogen-bond donors (Lipinski definition) is 2. The lowest BCUT2D eigenvalue weighted by molar-refractivity contribution is -0.127. The van der Waals surface area contributed by atoms with Crippen molar-refractivity contribution in [2.75, 3.05) is 30.4 Å². The molecular formula is C20H23N3O3. The highest BCUT2D eigenvalue weighted by molar-refractivity contribution is 5.95. The quantitative estimate of drug-likeness (QED) is 0.885. The average molecular weight is 353 g/mol. The van der Waals surface area contributed by atoms with Crippen LogP contribution in [0.3, 0.4) is 0 Å². The van der Waals surface area contributed by atoms with E-state index in [0.29, 0.717) is 12.3 Å². The van der Waals surface area contributed by atoms with E-state index < -0.39 is 6.10 Å². The molecule has 1 heterocycles. The molecule has 1 aliphatic rings. The first-order chi connectivity index (χ1) is 12.5. The van der Waals surface area contributed by atoms with E-state index in [-0.39, 0.29) is 18.4 Å². The van der Waals surface area contributed by atoms with E-state index in [0.717, 1.165) is 22.5 Å². The molecule has 1 atom stereocenters. The van der Waals surface area contributed by atoms with Crippen molar-refractivity contribution >= 4 is 23.2 Å². The van der Waals surface area contributed by atoms with Crippen molar-refractivity contribution in [3.8, 4) is 5.75 Å². The fraction of sp³-hybridized carbons (Fsp3) is 0.300. The summed E-state index contributed by atoms with van der Waals surface area (Å²) in [5.74, 6) is 0.261. The Kier molecular flexibility index (Phi) is 5.11. The number of hydrogen-bond acceptors (Lipinski definition) is 4. The van der Waals surface area contributed by atoms with Crippen LogP contribution in [-0.4, -0.2) is 38.1 Å². The number of nitrogens with one attached hydrogen (secondary N) is 2. The maximum atomic E-state index is 12.6. The SMILES string of the molecule is CNC(=O)C1CN(CC(=O)Nc2cccc(C)c2C)c2ccccc2O1. The van der Waals surface area contributed by atoms with Gasteiger partial charge in [-0.3, -0.25) is 9.59 Å². The van der Waals surface area contributed by atoms with Gasteiger partial charge >= 0.3 is 0 Å². The molecule has 0 aliphatic carbocycles. The molecule has 0 saturated carbocycles. The maximum Gasteiger partial charge on any atom is 0.262 e. The number of amides is 2. The van der Waals surface area contributed by atoms with Crippen LogP contribution in [0, 0.1) is 13.8 Å². The third kappa shape index (κ3) is 3.64. The summed E-state index contributed by atoms with van der Waals surface area (Å²) in [5, 5.41) is 5.57. The van der Waals surface area contributed by atoms with Crippen LogP contribution in [0.15, 0.2) is 42.5 Å². The number of likely N-dealkylation sites (N-methyl/N-ethyl adjacent to an activating group) is 1.